The molecular formula is C9H18N2S. The molecule has 0 spiro atoms. The number of hydrogen-bond donors (Lipinski definition) is 2. The minimum atomic E-state index is 0.797. The van der Waals surface area contributed by atoms with Crippen LogP contribution in [0.5, 0.6) is 0 Å². The summed E-state index contributed by atoms with van der Waals surface area (Å²) in [5, 5.41) is 7.18. The monoisotopic (exact) mass is 186 g/mol. The van der Waals surface area contributed by atoms with E-state index in [0.717, 1.165) is 12.1 Å². The highest BCUT2D eigenvalue weighted by molar-refractivity contribution is 8.00. The Morgan fingerprint density at radius 1 is 1.08 bits per heavy atom. The maximum Gasteiger partial charge on any atom is 0.0251 e. The fourth-order valence-corrected chi connectivity index (χ4v) is 2.51. The van der Waals surface area contributed by atoms with Crippen LogP contribution in [0.25, 0.3) is 0 Å². The van der Waals surface area contributed by atoms with Crippen molar-refractivity contribution in [2.45, 2.75) is 31.3 Å². The molecule has 2 nitrogen and oxygen atoms in total. The first-order valence-electron chi connectivity index (χ1n) is 4.99. The summed E-state index contributed by atoms with van der Waals surface area (Å²) in [5.74, 6) is 2.67. The van der Waals surface area contributed by atoms with E-state index in [2.05, 4.69) is 22.4 Å². The van der Waals surface area contributed by atoms with Gasteiger partial charge in [0.05, 0.1) is 0 Å². The summed E-state index contributed by atoms with van der Waals surface area (Å²) in [6.07, 6.45) is 4.03. The normalized spacial score (nSPS) is 32.5. The Morgan fingerprint density at radius 3 is 2.75 bits per heavy atom. The van der Waals surface area contributed by atoms with Gasteiger partial charge in [-0.25, -0.2) is 0 Å². The maximum absolute atomic E-state index is 3.73. The average molecular weight is 186 g/mol. The molecule has 2 N–H and O–H groups in total. The summed E-state index contributed by atoms with van der Waals surface area (Å²) in [6, 6.07) is 1.63. The molecule has 70 valence electrons. The van der Waals surface area contributed by atoms with Crippen molar-refractivity contribution in [1.82, 2.24) is 10.6 Å². The molecule has 0 saturated carbocycles. The quantitative estimate of drug-likeness (QED) is 0.668. The first-order valence-corrected chi connectivity index (χ1v) is 6.15. The highest BCUT2D eigenvalue weighted by Crippen LogP contribution is 2.19. The molecule has 2 fully saturated rings. The van der Waals surface area contributed by atoms with E-state index in [1.54, 1.807) is 0 Å². The summed E-state index contributed by atoms with van der Waals surface area (Å²) in [4.78, 5) is 0. The number of rotatable bonds is 2. The number of nitrogens with one attached hydrogen (secondary N) is 2. The topological polar surface area (TPSA) is 24.1 Å². The van der Waals surface area contributed by atoms with Gasteiger partial charge in [0.2, 0.25) is 0 Å². The predicted octanol–water partition coefficient (Wildman–Crippen LogP) is 0.833. The van der Waals surface area contributed by atoms with Gasteiger partial charge in [-0.15, -0.1) is 0 Å². The molecule has 0 aromatic heterocycles. The Bertz CT molecular complexity index is 128. The van der Waals surface area contributed by atoms with Gasteiger partial charge in [-0.2, -0.15) is 11.8 Å². The summed E-state index contributed by atoms with van der Waals surface area (Å²) in [7, 11) is 0. The van der Waals surface area contributed by atoms with Crippen molar-refractivity contribution in [3.05, 3.63) is 0 Å². The van der Waals surface area contributed by atoms with Crippen molar-refractivity contribution in [2.75, 3.05) is 24.6 Å². The molecular weight excluding hydrogens is 168 g/mol. The van der Waals surface area contributed by atoms with E-state index in [9.17, 15) is 0 Å². The van der Waals surface area contributed by atoms with E-state index < -0.39 is 0 Å². The van der Waals surface area contributed by atoms with Crippen LogP contribution in [-0.4, -0.2) is 36.7 Å². The van der Waals surface area contributed by atoms with Crippen molar-refractivity contribution < 1.29 is 0 Å². The highest BCUT2D eigenvalue weighted by atomic mass is 32.2. The molecule has 2 heterocycles. The minimum absolute atomic E-state index is 0.797. The van der Waals surface area contributed by atoms with Crippen molar-refractivity contribution in [2.24, 2.45) is 0 Å². The SMILES string of the molecule is C1CNCCC(NC2CSC2)C1. The fourth-order valence-electron chi connectivity index (χ4n) is 1.85. The standard InChI is InChI=1S/C9H18N2S/c1-2-8(3-5-10-4-1)11-9-6-12-7-9/h8-11H,1-7H2. The van der Waals surface area contributed by atoms with Gasteiger partial charge in [0.1, 0.15) is 0 Å². The van der Waals surface area contributed by atoms with Crippen LogP contribution in [0.1, 0.15) is 19.3 Å². The lowest BCUT2D eigenvalue weighted by atomic mass is 10.1. The third-order valence-electron chi connectivity index (χ3n) is 2.69. The second-order valence-electron chi connectivity index (χ2n) is 3.78. The van der Waals surface area contributed by atoms with Crippen molar-refractivity contribution in [3.8, 4) is 0 Å². The molecule has 2 saturated heterocycles. The summed E-state index contributed by atoms with van der Waals surface area (Å²) in [6.45, 7) is 2.43. The zero-order chi connectivity index (χ0) is 8.23. The molecule has 2 aliphatic rings. The van der Waals surface area contributed by atoms with Crippen molar-refractivity contribution in [3.63, 3.8) is 0 Å². The predicted molar refractivity (Wildman–Crippen MR) is 54.8 cm³/mol. The van der Waals surface area contributed by atoms with Gasteiger partial charge >= 0.3 is 0 Å². The molecule has 0 radical (unpaired) electrons. The average Bonchev–Trinajstić information content (AvgIpc) is 2.24. The first-order chi connectivity index (χ1) is 5.95. The van der Waals surface area contributed by atoms with Gasteiger partial charge in [0.15, 0.2) is 0 Å². The van der Waals surface area contributed by atoms with Gasteiger partial charge in [0, 0.05) is 23.6 Å². The molecule has 2 aliphatic heterocycles. The molecule has 1 atom stereocenters. The van der Waals surface area contributed by atoms with Crippen LogP contribution in [-0.2, 0) is 0 Å². The van der Waals surface area contributed by atoms with Gasteiger partial charge in [-0.3, -0.25) is 0 Å². The van der Waals surface area contributed by atoms with Gasteiger partial charge in [0.25, 0.3) is 0 Å². The van der Waals surface area contributed by atoms with Crippen LogP contribution >= 0.6 is 11.8 Å². The molecule has 12 heavy (non-hydrogen) atoms. The smallest absolute Gasteiger partial charge is 0.0251 e. The van der Waals surface area contributed by atoms with E-state index in [4.69, 9.17) is 0 Å². The molecule has 1 unspecified atom stereocenters. The summed E-state index contributed by atoms with van der Waals surface area (Å²) < 4.78 is 0. The van der Waals surface area contributed by atoms with Crippen LogP contribution in [0, 0.1) is 0 Å². The third-order valence-corrected chi connectivity index (χ3v) is 3.96. The lowest BCUT2D eigenvalue weighted by molar-refractivity contribution is 0.427. The largest absolute Gasteiger partial charge is 0.317 e. The highest BCUT2D eigenvalue weighted by Gasteiger charge is 2.21. The van der Waals surface area contributed by atoms with E-state index in [1.165, 1.54) is 43.9 Å². The van der Waals surface area contributed by atoms with Crippen LogP contribution < -0.4 is 10.6 Å². The lowest BCUT2D eigenvalue weighted by Gasteiger charge is -2.30. The molecule has 0 aromatic carbocycles. The van der Waals surface area contributed by atoms with Gasteiger partial charge in [-0.1, -0.05) is 0 Å². The molecule has 0 amide bonds. The summed E-state index contributed by atoms with van der Waals surface area (Å²) >= 11 is 2.06. The molecule has 2 rings (SSSR count). The van der Waals surface area contributed by atoms with E-state index >= 15 is 0 Å². The van der Waals surface area contributed by atoms with Crippen LogP contribution in [0.3, 0.4) is 0 Å². The number of thioether (sulfide) groups is 1. The molecule has 0 aromatic rings. The molecule has 3 heteroatoms. The number of hydrogen-bond acceptors (Lipinski definition) is 3. The van der Waals surface area contributed by atoms with Crippen LogP contribution in [0.2, 0.25) is 0 Å². The van der Waals surface area contributed by atoms with Crippen molar-refractivity contribution in [1.29, 1.82) is 0 Å². The van der Waals surface area contributed by atoms with Crippen LogP contribution in [0.15, 0.2) is 0 Å². The summed E-state index contributed by atoms with van der Waals surface area (Å²) in [5.41, 5.74) is 0. The zero-order valence-corrected chi connectivity index (χ0v) is 8.33. The fraction of sp³-hybridized carbons (Fsp3) is 1.00. The Hall–Kier alpha value is 0.270. The van der Waals surface area contributed by atoms with E-state index in [0.29, 0.717) is 0 Å². The molecule has 0 aliphatic carbocycles. The second-order valence-corrected chi connectivity index (χ2v) is 4.85. The maximum atomic E-state index is 3.73. The lowest BCUT2D eigenvalue weighted by Crippen LogP contribution is -2.46. The van der Waals surface area contributed by atoms with Gasteiger partial charge in [-0.05, 0) is 32.4 Å². The van der Waals surface area contributed by atoms with Gasteiger partial charge < -0.3 is 10.6 Å². The Kier molecular flexibility index (Phi) is 3.31. The Labute approximate surface area is 78.9 Å². The molecule has 0 bridgehead atoms. The first kappa shape index (κ1) is 8.85. The Morgan fingerprint density at radius 2 is 2.00 bits per heavy atom. The van der Waals surface area contributed by atoms with Crippen molar-refractivity contribution >= 4 is 11.8 Å². The second kappa shape index (κ2) is 4.49. The van der Waals surface area contributed by atoms with Crippen LogP contribution in [0.4, 0.5) is 0 Å². The Balaban J connectivity index is 1.69. The third kappa shape index (κ3) is 2.38. The minimum Gasteiger partial charge on any atom is -0.317 e. The zero-order valence-electron chi connectivity index (χ0n) is 7.51. The van der Waals surface area contributed by atoms with E-state index in [-0.39, 0.29) is 0 Å². The van der Waals surface area contributed by atoms with E-state index in [1.807, 2.05) is 0 Å².